The van der Waals surface area contributed by atoms with Crippen LogP contribution in [0.4, 0.5) is 11.4 Å². The number of hydrogen-bond acceptors (Lipinski definition) is 3. The standard InChI is InChI=1S/C13H19N3O/c1-2-13(17)16-9-7-15(8-10-16)12-5-3-11(14)4-6-12/h3-6H,2,7-10,14H2,1H3. The number of amides is 1. The molecule has 2 rings (SSSR count). The van der Waals surface area contributed by atoms with Crippen LogP contribution in [0.5, 0.6) is 0 Å². The van der Waals surface area contributed by atoms with E-state index in [1.807, 2.05) is 36.1 Å². The van der Waals surface area contributed by atoms with E-state index in [9.17, 15) is 4.79 Å². The normalized spacial score (nSPS) is 16.1. The fourth-order valence-corrected chi connectivity index (χ4v) is 2.12. The molecule has 1 saturated heterocycles. The van der Waals surface area contributed by atoms with Gasteiger partial charge in [-0.3, -0.25) is 4.79 Å². The largest absolute Gasteiger partial charge is 0.399 e. The van der Waals surface area contributed by atoms with Gasteiger partial charge in [0.05, 0.1) is 0 Å². The van der Waals surface area contributed by atoms with Crippen molar-refractivity contribution in [3.8, 4) is 0 Å². The number of piperazine rings is 1. The summed E-state index contributed by atoms with van der Waals surface area (Å²) in [5.74, 6) is 0.252. The Balaban J connectivity index is 1.95. The summed E-state index contributed by atoms with van der Waals surface area (Å²) in [5, 5.41) is 0. The van der Waals surface area contributed by atoms with Crippen LogP contribution >= 0.6 is 0 Å². The molecule has 0 spiro atoms. The first kappa shape index (κ1) is 11.8. The predicted octanol–water partition coefficient (Wildman–Crippen LogP) is 1.33. The van der Waals surface area contributed by atoms with Crippen LogP contribution in [0.25, 0.3) is 0 Å². The van der Waals surface area contributed by atoms with E-state index in [0.717, 1.165) is 31.9 Å². The second-order valence-electron chi connectivity index (χ2n) is 4.31. The maximum absolute atomic E-state index is 11.5. The second kappa shape index (κ2) is 5.08. The third kappa shape index (κ3) is 2.70. The van der Waals surface area contributed by atoms with Gasteiger partial charge in [-0.2, -0.15) is 0 Å². The molecule has 0 saturated carbocycles. The van der Waals surface area contributed by atoms with Crippen LogP contribution < -0.4 is 10.6 Å². The molecule has 0 bridgehead atoms. The number of nitrogen functional groups attached to an aromatic ring is 1. The number of nitrogens with two attached hydrogens (primary N) is 1. The Hall–Kier alpha value is -1.71. The minimum atomic E-state index is 0.252. The molecule has 4 nitrogen and oxygen atoms in total. The summed E-state index contributed by atoms with van der Waals surface area (Å²) in [5.41, 5.74) is 7.63. The van der Waals surface area contributed by atoms with Gasteiger partial charge < -0.3 is 15.5 Å². The van der Waals surface area contributed by atoms with Crippen molar-refractivity contribution in [2.75, 3.05) is 36.8 Å². The Labute approximate surface area is 102 Å². The number of nitrogens with zero attached hydrogens (tertiary/aromatic N) is 2. The van der Waals surface area contributed by atoms with Crippen molar-refractivity contribution < 1.29 is 4.79 Å². The predicted molar refractivity (Wildman–Crippen MR) is 69.9 cm³/mol. The highest BCUT2D eigenvalue weighted by molar-refractivity contribution is 5.76. The van der Waals surface area contributed by atoms with Gasteiger partial charge in [0.15, 0.2) is 0 Å². The molecule has 1 aliphatic rings. The summed E-state index contributed by atoms with van der Waals surface area (Å²) in [6.45, 7) is 5.34. The highest BCUT2D eigenvalue weighted by Crippen LogP contribution is 2.18. The van der Waals surface area contributed by atoms with E-state index in [-0.39, 0.29) is 5.91 Å². The van der Waals surface area contributed by atoms with E-state index in [1.54, 1.807) is 0 Å². The Kier molecular flexibility index (Phi) is 3.52. The van der Waals surface area contributed by atoms with Gasteiger partial charge in [-0.25, -0.2) is 0 Å². The molecule has 1 amide bonds. The van der Waals surface area contributed by atoms with E-state index in [1.165, 1.54) is 5.69 Å². The molecular weight excluding hydrogens is 214 g/mol. The summed E-state index contributed by atoms with van der Waals surface area (Å²) in [6.07, 6.45) is 0.599. The zero-order chi connectivity index (χ0) is 12.3. The van der Waals surface area contributed by atoms with E-state index in [4.69, 9.17) is 5.73 Å². The Morgan fingerprint density at radius 3 is 2.29 bits per heavy atom. The van der Waals surface area contributed by atoms with Crippen LogP contribution in [-0.4, -0.2) is 37.0 Å². The van der Waals surface area contributed by atoms with E-state index in [0.29, 0.717) is 6.42 Å². The molecule has 2 N–H and O–H groups in total. The van der Waals surface area contributed by atoms with Gasteiger partial charge in [0.2, 0.25) is 5.91 Å². The summed E-state index contributed by atoms with van der Waals surface area (Å²) in [7, 11) is 0. The van der Waals surface area contributed by atoms with Crippen LogP contribution in [0.3, 0.4) is 0 Å². The van der Waals surface area contributed by atoms with Gasteiger partial charge >= 0.3 is 0 Å². The van der Waals surface area contributed by atoms with E-state index >= 15 is 0 Å². The zero-order valence-corrected chi connectivity index (χ0v) is 10.2. The summed E-state index contributed by atoms with van der Waals surface area (Å²) >= 11 is 0. The molecular formula is C13H19N3O. The van der Waals surface area contributed by atoms with Gasteiger partial charge in [-0.15, -0.1) is 0 Å². The quantitative estimate of drug-likeness (QED) is 0.784. The number of rotatable bonds is 2. The molecule has 4 heteroatoms. The minimum absolute atomic E-state index is 0.252. The van der Waals surface area contributed by atoms with Crippen molar-refractivity contribution in [1.82, 2.24) is 4.90 Å². The van der Waals surface area contributed by atoms with Crippen molar-refractivity contribution in [2.45, 2.75) is 13.3 Å². The lowest BCUT2D eigenvalue weighted by Crippen LogP contribution is -2.48. The molecule has 0 radical (unpaired) electrons. The van der Waals surface area contributed by atoms with Gasteiger partial charge in [-0.1, -0.05) is 6.92 Å². The van der Waals surface area contributed by atoms with Crippen molar-refractivity contribution >= 4 is 17.3 Å². The van der Waals surface area contributed by atoms with E-state index in [2.05, 4.69) is 4.90 Å². The number of anilines is 2. The Morgan fingerprint density at radius 1 is 1.18 bits per heavy atom. The topological polar surface area (TPSA) is 49.6 Å². The minimum Gasteiger partial charge on any atom is -0.399 e. The second-order valence-corrected chi connectivity index (χ2v) is 4.31. The lowest BCUT2D eigenvalue weighted by atomic mass is 10.2. The highest BCUT2D eigenvalue weighted by atomic mass is 16.2. The molecule has 1 heterocycles. The van der Waals surface area contributed by atoms with Crippen LogP contribution in [0.1, 0.15) is 13.3 Å². The van der Waals surface area contributed by atoms with Crippen molar-refractivity contribution in [2.24, 2.45) is 0 Å². The first-order valence-electron chi connectivity index (χ1n) is 6.09. The number of carbonyl (C=O) groups excluding carboxylic acids is 1. The summed E-state index contributed by atoms with van der Waals surface area (Å²) < 4.78 is 0. The smallest absolute Gasteiger partial charge is 0.222 e. The molecule has 0 atom stereocenters. The van der Waals surface area contributed by atoms with Crippen molar-refractivity contribution in [3.05, 3.63) is 24.3 Å². The van der Waals surface area contributed by atoms with Crippen LogP contribution in [-0.2, 0) is 4.79 Å². The molecule has 1 aliphatic heterocycles. The average molecular weight is 233 g/mol. The molecule has 17 heavy (non-hydrogen) atoms. The van der Waals surface area contributed by atoms with Gasteiger partial charge in [0.25, 0.3) is 0 Å². The molecule has 1 fully saturated rings. The molecule has 0 unspecified atom stereocenters. The van der Waals surface area contributed by atoms with Gasteiger partial charge in [0, 0.05) is 44.0 Å². The number of hydrogen-bond donors (Lipinski definition) is 1. The Morgan fingerprint density at radius 2 is 1.76 bits per heavy atom. The molecule has 1 aromatic rings. The third-order valence-corrected chi connectivity index (χ3v) is 3.19. The van der Waals surface area contributed by atoms with Crippen molar-refractivity contribution in [3.63, 3.8) is 0 Å². The first-order chi connectivity index (χ1) is 8.20. The monoisotopic (exact) mass is 233 g/mol. The highest BCUT2D eigenvalue weighted by Gasteiger charge is 2.19. The van der Waals surface area contributed by atoms with Gasteiger partial charge in [0.1, 0.15) is 0 Å². The van der Waals surface area contributed by atoms with E-state index < -0.39 is 0 Å². The zero-order valence-electron chi connectivity index (χ0n) is 10.2. The maximum atomic E-state index is 11.5. The van der Waals surface area contributed by atoms with Crippen molar-refractivity contribution in [1.29, 1.82) is 0 Å². The van der Waals surface area contributed by atoms with Gasteiger partial charge in [-0.05, 0) is 24.3 Å². The van der Waals surface area contributed by atoms with Crippen LogP contribution in [0.2, 0.25) is 0 Å². The summed E-state index contributed by atoms with van der Waals surface area (Å²) in [4.78, 5) is 15.8. The number of benzene rings is 1. The third-order valence-electron chi connectivity index (χ3n) is 3.19. The van der Waals surface area contributed by atoms with Crippen LogP contribution in [0, 0.1) is 0 Å². The molecule has 0 aromatic heterocycles. The Bertz CT molecular complexity index is 380. The SMILES string of the molecule is CCC(=O)N1CCN(c2ccc(N)cc2)CC1. The summed E-state index contributed by atoms with van der Waals surface area (Å²) in [6, 6.07) is 7.90. The fraction of sp³-hybridized carbons (Fsp3) is 0.462. The number of carbonyl (C=O) groups is 1. The average Bonchev–Trinajstić information content (AvgIpc) is 2.39. The molecule has 0 aliphatic carbocycles. The first-order valence-corrected chi connectivity index (χ1v) is 6.09. The molecule has 92 valence electrons. The van der Waals surface area contributed by atoms with Crippen LogP contribution in [0.15, 0.2) is 24.3 Å². The molecule has 1 aromatic carbocycles. The maximum Gasteiger partial charge on any atom is 0.222 e. The lowest BCUT2D eigenvalue weighted by molar-refractivity contribution is -0.131. The fourth-order valence-electron chi connectivity index (χ4n) is 2.12. The lowest BCUT2D eigenvalue weighted by Gasteiger charge is -2.36.